The molecule has 3 heteroatoms. The molecule has 0 aromatic heterocycles. The Kier molecular flexibility index (Phi) is 4.50. The van der Waals surface area contributed by atoms with Gasteiger partial charge in [0.15, 0.2) is 0 Å². The fraction of sp³-hybridized carbons (Fsp3) is 0.462. The number of carboxylic acid groups (broad SMARTS) is 1. The van der Waals surface area contributed by atoms with E-state index in [1.54, 1.807) is 6.92 Å². The van der Waals surface area contributed by atoms with E-state index in [0.29, 0.717) is 6.42 Å². The lowest BCUT2D eigenvalue weighted by atomic mass is 9.95. The number of hydrogen-bond acceptors (Lipinski definition) is 2. The minimum absolute atomic E-state index is 0.103. The van der Waals surface area contributed by atoms with Crippen molar-refractivity contribution in [3.05, 3.63) is 35.4 Å². The number of benzene rings is 1. The fourth-order valence-corrected chi connectivity index (χ4v) is 1.67. The molecule has 0 bridgehead atoms. The summed E-state index contributed by atoms with van der Waals surface area (Å²) >= 11 is 0. The molecule has 88 valence electrons. The van der Waals surface area contributed by atoms with Crippen molar-refractivity contribution in [1.82, 2.24) is 5.32 Å². The maximum atomic E-state index is 10.8. The molecule has 2 unspecified atom stereocenters. The summed E-state index contributed by atoms with van der Waals surface area (Å²) in [5.74, 6) is -1.08. The van der Waals surface area contributed by atoms with Crippen molar-refractivity contribution >= 4 is 5.97 Å². The molecule has 3 nitrogen and oxygen atoms in total. The minimum Gasteiger partial charge on any atom is -0.481 e. The molecule has 1 aromatic carbocycles. The van der Waals surface area contributed by atoms with E-state index in [9.17, 15) is 4.79 Å². The van der Waals surface area contributed by atoms with Crippen molar-refractivity contribution in [2.75, 3.05) is 7.05 Å². The molecule has 0 heterocycles. The zero-order valence-electron chi connectivity index (χ0n) is 10.0. The molecule has 0 spiro atoms. The van der Waals surface area contributed by atoms with Gasteiger partial charge in [-0.2, -0.15) is 0 Å². The van der Waals surface area contributed by atoms with E-state index in [0.717, 1.165) is 5.56 Å². The van der Waals surface area contributed by atoms with Gasteiger partial charge in [0.1, 0.15) is 0 Å². The molecule has 16 heavy (non-hydrogen) atoms. The monoisotopic (exact) mass is 221 g/mol. The first-order valence-electron chi connectivity index (χ1n) is 5.51. The molecule has 2 atom stereocenters. The summed E-state index contributed by atoms with van der Waals surface area (Å²) in [5, 5.41) is 12.0. The van der Waals surface area contributed by atoms with Crippen LogP contribution in [0, 0.1) is 12.8 Å². The molecule has 0 fully saturated rings. The molecule has 0 saturated heterocycles. The van der Waals surface area contributed by atoms with Gasteiger partial charge in [-0.25, -0.2) is 0 Å². The predicted octanol–water partition coefficient (Wildman–Crippen LogP) is 2.37. The number of nitrogens with one attached hydrogen (secondary N) is 1. The Morgan fingerprint density at radius 1 is 1.38 bits per heavy atom. The topological polar surface area (TPSA) is 49.3 Å². The van der Waals surface area contributed by atoms with Crippen LogP contribution >= 0.6 is 0 Å². The van der Waals surface area contributed by atoms with E-state index >= 15 is 0 Å². The van der Waals surface area contributed by atoms with Crippen LogP contribution in [-0.2, 0) is 4.79 Å². The number of hydrogen-bond donors (Lipinski definition) is 2. The third-order valence-corrected chi connectivity index (χ3v) is 2.84. The van der Waals surface area contributed by atoms with Gasteiger partial charge in [-0.1, -0.05) is 36.8 Å². The molecule has 2 N–H and O–H groups in total. The number of carboxylic acids is 1. The fourth-order valence-electron chi connectivity index (χ4n) is 1.67. The standard InChI is InChI=1S/C13H19NO2/c1-9-4-6-11(7-5-9)12(14-3)8-10(2)13(15)16/h4-7,10,12,14H,8H2,1-3H3,(H,15,16). The molecule has 0 saturated carbocycles. The normalized spacial score (nSPS) is 14.4. The highest BCUT2D eigenvalue weighted by Gasteiger charge is 2.18. The lowest BCUT2D eigenvalue weighted by Crippen LogP contribution is -2.22. The first kappa shape index (κ1) is 12.7. The van der Waals surface area contributed by atoms with Crippen LogP contribution in [0.25, 0.3) is 0 Å². The van der Waals surface area contributed by atoms with E-state index in [1.165, 1.54) is 5.56 Å². The molecule has 0 radical (unpaired) electrons. The van der Waals surface area contributed by atoms with Crippen LogP contribution in [0.15, 0.2) is 24.3 Å². The Bertz CT molecular complexity index is 345. The molecule has 0 amide bonds. The van der Waals surface area contributed by atoms with Crippen LogP contribution < -0.4 is 5.32 Å². The molecular formula is C13H19NO2. The van der Waals surface area contributed by atoms with Crippen molar-refractivity contribution < 1.29 is 9.90 Å². The largest absolute Gasteiger partial charge is 0.481 e. The lowest BCUT2D eigenvalue weighted by molar-refractivity contribution is -0.141. The van der Waals surface area contributed by atoms with Crippen LogP contribution in [0.2, 0.25) is 0 Å². The van der Waals surface area contributed by atoms with Crippen LogP contribution in [0.3, 0.4) is 0 Å². The Labute approximate surface area is 96.5 Å². The van der Waals surface area contributed by atoms with Gasteiger partial charge in [-0.05, 0) is 26.0 Å². The zero-order chi connectivity index (χ0) is 12.1. The summed E-state index contributed by atoms with van der Waals surface area (Å²) < 4.78 is 0. The zero-order valence-corrected chi connectivity index (χ0v) is 10.0. The van der Waals surface area contributed by atoms with Crippen LogP contribution in [0.4, 0.5) is 0 Å². The van der Waals surface area contributed by atoms with Gasteiger partial charge in [0.25, 0.3) is 0 Å². The smallest absolute Gasteiger partial charge is 0.306 e. The average molecular weight is 221 g/mol. The third kappa shape index (κ3) is 3.35. The first-order chi connectivity index (χ1) is 7.54. The van der Waals surface area contributed by atoms with Crippen molar-refractivity contribution in [3.63, 3.8) is 0 Å². The molecule has 0 aliphatic carbocycles. The minimum atomic E-state index is -0.743. The summed E-state index contributed by atoms with van der Waals surface area (Å²) in [6.07, 6.45) is 0.606. The second kappa shape index (κ2) is 5.66. The van der Waals surface area contributed by atoms with E-state index in [1.807, 2.05) is 38.2 Å². The Morgan fingerprint density at radius 2 is 1.94 bits per heavy atom. The van der Waals surface area contributed by atoms with Gasteiger partial charge < -0.3 is 10.4 Å². The number of aliphatic carboxylic acids is 1. The molecule has 1 rings (SSSR count). The summed E-state index contributed by atoms with van der Waals surface area (Å²) in [5.41, 5.74) is 2.35. The number of rotatable bonds is 5. The van der Waals surface area contributed by atoms with E-state index in [2.05, 4.69) is 5.32 Å². The van der Waals surface area contributed by atoms with Crippen molar-refractivity contribution in [1.29, 1.82) is 0 Å². The van der Waals surface area contributed by atoms with Crippen LogP contribution in [0.5, 0.6) is 0 Å². The second-order valence-corrected chi connectivity index (χ2v) is 4.23. The lowest BCUT2D eigenvalue weighted by Gasteiger charge is -2.19. The molecule has 1 aromatic rings. The van der Waals surface area contributed by atoms with E-state index < -0.39 is 5.97 Å². The highest BCUT2D eigenvalue weighted by Crippen LogP contribution is 2.21. The van der Waals surface area contributed by atoms with Crippen molar-refractivity contribution in [2.24, 2.45) is 5.92 Å². The highest BCUT2D eigenvalue weighted by atomic mass is 16.4. The molecule has 0 aliphatic rings. The summed E-state index contributed by atoms with van der Waals surface area (Å²) in [6, 6.07) is 8.29. The molecule has 0 aliphatic heterocycles. The van der Waals surface area contributed by atoms with Crippen LogP contribution in [0.1, 0.15) is 30.5 Å². The van der Waals surface area contributed by atoms with Crippen molar-refractivity contribution in [2.45, 2.75) is 26.3 Å². The number of aryl methyl sites for hydroxylation is 1. The van der Waals surface area contributed by atoms with Crippen molar-refractivity contribution in [3.8, 4) is 0 Å². The summed E-state index contributed by atoms with van der Waals surface area (Å²) in [4.78, 5) is 10.8. The Hall–Kier alpha value is -1.35. The quantitative estimate of drug-likeness (QED) is 0.802. The maximum Gasteiger partial charge on any atom is 0.306 e. The third-order valence-electron chi connectivity index (χ3n) is 2.84. The predicted molar refractivity (Wildman–Crippen MR) is 64.4 cm³/mol. The van der Waals surface area contributed by atoms with E-state index in [-0.39, 0.29) is 12.0 Å². The molecular weight excluding hydrogens is 202 g/mol. The average Bonchev–Trinajstić information content (AvgIpc) is 2.26. The van der Waals surface area contributed by atoms with E-state index in [4.69, 9.17) is 5.11 Å². The van der Waals surface area contributed by atoms with Gasteiger partial charge in [0.2, 0.25) is 0 Å². The van der Waals surface area contributed by atoms with Gasteiger partial charge in [0.05, 0.1) is 5.92 Å². The Morgan fingerprint density at radius 3 is 2.38 bits per heavy atom. The van der Waals surface area contributed by atoms with Gasteiger partial charge in [-0.3, -0.25) is 4.79 Å². The van der Waals surface area contributed by atoms with Crippen LogP contribution in [-0.4, -0.2) is 18.1 Å². The second-order valence-electron chi connectivity index (χ2n) is 4.23. The number of carbonyl (C=O) groups is 1. The highest BCUT2D eigenvalue weighted by molar-refractivity contribution is 5.69. The first-order valence-corrected chi connectivity index (χ1v) is 5.51. The summed E-state index contributed by atoms with van der Waals surface area (Å²) in [6.45, 7) is 3.78. The van der Waals surface area contributed by atoms with Gasteiger partial charge in [0, 0.05) is 6.04 Å². The van der Waals surface area contributed by atoms with Gasteiger partial charge in [-0.15, -0.1) is 0 Å². The van der Waals surface area contributed by atoms with Gasteiger partial charge >= 0.3 is 5.97 Å². The summed E-state index contributed by atoms with van der Waals surface area (Å²) in [7, 11) is 1.86. The Balaban J connectivity index is 2.74. The maximum absolute atomic E-state index is 10.8. The SMILES string of the molecule is CNC(CC(C)C(=O)O)c1ccc(C)cc1.